The van der Waals surface area contributed by atoms with Gasteiger partial charge in [-0.1, -0.05) is 5.21 Å². The smallest absolute Gasteiger partial charge is 0.238 e. The zero-order valence-corrected chi connectivity index (χ0v) is 20.3. The van der Waals surface area contributed by atoms with Gasteiger partial charge in [-0.25, -0.2) is 17.9 Å². The molecule has 1 aromatic carbocycles. The third-order valence-electron chi connectivity index (χ3n) is 6.25. The summed E-state index contributed by atoms with van der Waals surface area (Å²) in [5.74, 6) is -4.82. The fourth-order valence-corrected chi connectivity index (χ4v) is 5.51. The summed E-state index contributed by atoms with van der Waals surface area (Å²) < 4.78 is 47.4. The van der Waals surface area contributed by atoms with E-state index >= 15 is 0 Å². The molecule has 2 aliphatic rings. The average Bonchev–Trinajstić information content (AvgIpc) is 3.24. The van der Waals surface area contributed by atoms with Crippen molar-refractivity contribution in [3.05, 3.63) is 35.8 Å². The molecule has 0 bridgehead atoms. The van der Waals surface area contributed by atoms with Gasteiger partial charge < -0.3 is 30.1 Å². The van der Waals surface area contributed by atoms with Crippen molar-refractivity contribution in [1.29, 1.82) is 0 Å². The van der Waals surface area contributed by atoms with Crippen LogP contribution in [0.1, 0.15) is 26.3 Å². The Kier molecular flexibility index (Phi) is 7.65. The average molecular weight is 533 g/mol. The maximum atomic E-state index is 13.7. The number of ether oxygens (including phenoxy) is 1. The van der Waals surface area contributed by atoms with Crippen molar-refractivity contribution < 1.29 is 43.1 Å². The third kappa shape index (κ3) is 5.10. The van der Waals surface area contributed by atoms with Crippen LogP contribution in [0.2, 0.25) is 0 Å². The van der Waals surface area contributed by atoms with E-state index in [9.17, 15) is 38.4 Å². The van der Waals surface area contributed by atoms with Gasteiger partial charge in [0.25, 0.3) is 0 Å². The minimum absolute atomic E-state index is 0.0641. The van der Waals surface area contributed by atoms with Crippen molar-refractivity contribution in [2.75, 3.05) is 19.7 Å². The second-order valence-corrected chi connectivity index (χ2v) is 10.6. The quantitative estimate of drug-likeness (QED) is 0.374. The van der Waals surface area contributed by atoms with E-state index in [1.165, 1.54) is 20.0 Å². The summed E-state index contributed by atoms with van der Waals surface area (Å²) in [6, 6.07) is 0.216. The Hall–Kier alpha value is -2.23. The second-order valence-electron chi connectivity index (χ2n) is 9.38. The van der Waals surface area contributed by atoms with Gasteiger partial charge in [0, 0.05) is 18.7 Å². The number of hydrogen-bond acceptors (Lipinski definition) is 9. The molecular formula is C22H27F3N4O6S. The standard InChI is InChI=1S/C22H27F3N4O6S/c1-22(2,34)19(20(33)28-4-3-5-28)36-21-18(32)16(17(31)14(9-30)35-21)29-8-13(26-27-29)10-6-11(23)15(25)12(24)7-10/h6-8,14,16-19,21,30-32,34H,3-5,9H2,1-2H3/t14-,16+,17+,18-,19?,21+/m1/s1. The van der Waals surface area contributed by atoms with Crippen LogP contribution in [-0.2, 0) is 9.53 Å². The van der Waals surface area contributed by atoms with Gasteiger partial charge in [0.1, 0.15) is 40.7 Å². The van der Waals surface area contributed by atoms with Gasteiger partial charge in [-0.05, 0) is 32.4 Å². The summed E-state index contributed by atoms with van der Waals surface area (Å²) in [5.41, 5.74) is -2.85. The van der Waals surface area contributed by atoms with E-state index in [2.05, 4.69) is 10.3 Å². The highest BCUT2D eigenvalue weighted by molar-refractivity contribution is 8.01. The minimum Gasteiger partial charge on any atom is -0.394 e. The molecule has 36 heavy (non-hydrogen) atoms. The van der Waals surface area contributed by atoms with Crippen LogP contribution in [-0.4, -0.2) is 101 Å². The number of amides is 1. The highest BCUT2D eigenvalue weighted by Crippen LogP contribution is 2.40. The highest BCUT2D eigenvalue weighted by atomic mass is 32.2. The molecule has 1 unspecified atom stereocenters. The molecule has 6 atom stereocenters. The van der Waals surface area contributed by atoms with Crippen LogP contribution in [0.3, 0.4) is 0 Å². The number of carbonyl (C=O) groups excluding carboxylic acids is 1. The molecular weight excluding hydrogens is 505 g/mol. The Balaban J connectivity index is 1.62. The molecule has 2 fully saturated rings. The van der Waals surface area contributed by atoms with Gasteiger partial charge in [-0.2, -0.15) is 0 Å². The van der Waals surface area contributed by atoms with Crippen LogP contribution in [0.25, 0.3) is 11.3 Å². The molecule has 0 aliphatic carbocycles. The number of rotatable bonds is 7. The van der Waals surface area contributed by atoms with Crippen molar-refractivity contribution in [2.45, 2.75) is 60.9 Å². The number of likely N-dealkylation sites (tertiary alicyclic amines) is 1. The summed E-state index contributed by atoms with van der Waals surface area (Å²) in [6.07, 6.45) is -2.13. The molecule has 0 radical (unpaired) electrons. The number of hydrogen-bond donors (Lipinski definition) is 4. The third-order valence-corrected chi connectivity index (χ3v) is 7.96. The van der Waals surface area contributed by atoms with Crippen molar-refractivity contribution in [3.63, 3.8) is 0 Å². The molecule has 1 amide bonds. The van der Waals surface area contributed by atoms with Crippen LogP contribution >= 0.6 is 11.8 Å². The monoisotopic (exact) mass is 532 g/mol. The van der Waals surface area contributed by atoms with Gasteiger partial charge in [-0.3, -0.25) is 4.79 Å². The Labute approximate surface area is 208 Å². The molecule has 2 aliphatic heterocycles. The summed E-state index contributed by atoms with van der Waals surface area (Å²) in [7, 11) is 0. The molecule has 1 aromatic heterocycles. The number of aliphatic hydroxyl groups excluding tert-OH is 3. The van der Waals surface area contributed by atoms with E-state index in [4.69, 9.17) is 4.74 Å². The van der Waals surface area contributed by atoms with Crippen LogP contribution in [0.15, 0.2) is 18.3 Å². The molecule has 198 valence electrons. The molecule has 0 spiro atoms. The highest BCUT2D eigenvalue weighted by Gasteiger charge is 2.49. The van der Waals surface area contributed by atoms with E-state index < -0.39 is 64.7 Å². The summed E-state index contributed by atoms with van der Waals surface area (Å²) in [5, 5.41) is 49.0. The largest absolute Gasteiger partial charge is 0.394 e. The summed E-state index contributed by atoms with van der Waals surface area (Å²) >= 11 is 0.857. The molecule has 3 heterocycles. The SMILES string of the molecule is CC(C)(O)C(S[C@@H]1O[C@H](CO)[C@H](O)[C@H](n2cc(-c3cc(F)c(F)c(F)c3)nn2)[C@H]1O)C(=O)N1CCC1. The number of benzene rings is 1. The lowest BCUT2D eigenvalue weighted by Crippen LogP contribution is -2.58. The zero-order valence-electron chi connectivity index (χ0n) is 19.5. The van der Waals surface area contributed by atoms with Gasteiger partial charge in [0.05, 0.1) is 18.4 Å². The summed E-state index contributed by atoms with van der Waals surface area (Å²) in [6.45, 7) is 3.38. The predicted molar refractivity (Wildman–Crippen MR) is 121 cm³/mol. The molecule has 14 heteroatoms. The van der Waals surface area contributed by atoms with Crippen LogP contribution in [0, 0.1) is 17.5 Å². The Morgan fingerprint density at radius 3 is 2.39 bits per heavy atom. The lowest BCUT2D eigenvalue weighted by Gasteiger charge is -2.44. The maximum absolute atomic E-state index is 13.7. The van der Waals surface area contributed by atoms with E-state index in [1.807, 2.05) is 0 Å². The first kappa shape index (κ1) is 26.8. The minimum atomic E-state index is -1.64. The number of carbonyl (C=O) groups is 1. The fraction of sp³-hybridized carbons (Fsp3) is 0.591. The number of halogens is 3. The fourth-order valence-electron chi connectivity index (χ4n) is 4.11. The predicted octanol–water partition coefficient (Wildman–Crippen LogP) is 0.447. The van der Waals surface area contributed by atoms with Gasteiger partial charge in [-0.15, -0.1) is 16.9 Å². The van der Waals surface area contributed by atoms with Crippen molar-refractivity contribution in [1.82, 2.24) is 19.9 Å². The van der Waals surface area contributed by atoms with E-state index in [1.54, 1.807) is 4.90 Å². The zero-order chi connectivity index (χ0) is 26.4. The summed E-state index contributed by atoms with van der Waals surface area (Å²) in [4.78, 5) is 14.5. The van der Waals surface area contributed by atoms with Crippen molar-refractivity contribution in [2.24, 2.45) is 0 Å². The van der Waals surface area contributed by atoms with Crippen molar-refractivity contribution >= 4 is 17.7 Å². The van der Waals surface area contributed by atoms with E-state index in [-0.39, 0.29) is 17.2 Å². The molecule has 4 rings (SSSR count). The number of nitrogens with zero attached hydrogens (tertiary/aromatic N) is 4. The normalized spacial score (nSPS) is 27.6. The maximum Gasteiger partial charge on any atom is 0.238 e. The molecule has 2 saturated heterocycles. The lowest BCUT2D eigenvalue weighted by atomic mass is 9.97. The molecule has 2 aromatic rings. The topological polar surface area (TPSA) is 141 Å². The number of aromatic nitrogens is 3. The first-order valence-electron chi connectivity index (χ1n) is 11.3. The van der Waals surface area contributed by atoms with Gasteiger partial charge >= 0.3 is 0 Å². The number of aliphatic hydroxyl groups is 4. The lowest BCUT2D eigenvalue weighted by molar-refractivity contribution is -0.179. The first-order valence-corrected chi connectivity index (χ1v) is 12.2. The first-order chi connectivity index (χ1) is 16.9. The molecule has 10 nitrogen and oxygen atoms in total. The van der Waals surface area contributed by atoms with Gasteiger partial charge in [0.15, 0.2) is 17.5 Å². The van der Waals surface area contributed by atoms with E-state index in [0.29, 0.717) is 13.1 Å². The van der Waals surface area contributed by atoms with Crippen LogP contribution < -0.4 is 0 Å². The number of thioether (sulfide) groups is 1. The molecule has 4 N–H and O–H groups in total. The van der Waals surface area contributed by atoms with Crippen LogP contribution in [0.4, 0.5) is 13.2 Å². The van der Waals surface area contributed by atoms with Crippen LogP contribution in [0.5, 0.6) is 0 Å². The Morgan fingerprint density at radius 2 is 1.86 bits per heavy atom. The Bertz CT molecular complexity index is 1090. The second kappa shape index (κ2) is 10.3. The van der Waals surface area contributed by atoms with E-state index in [0.717, 1.165) is 35.0 Å². The van der Waals surface area contributed by atoms with Crippen molar-refractivity contribution in [3.8, 4) is 11.3 Å². The molecule has 0 saturated carbocycles. The van der Waals surface area contributed by atoms with Gasteiger partial charge in [0.2, 0.25) is 5.91 Å². The Morgan fingerprint density at radius 1 is 1.22 bits per heavy atom.